The third-order valence-corrected chi connectivity index (χ3v) is 2.30. The van der Waals surface area contributed by atoms with E-state index >= 15 is 0 Å². The van der Waals surface area contributed by atoms with Crippen molar-refractivity contribution >= 4 is 11.5 Å². The Morgan fingerprint density at radius 2 is 2.18 bits per heavy atom. The van der Waals surface area contributed by atoms with E-state index in [1.807, 2.05) is 6.92 Å². The van der Waals surface area contributed by atoms with E-state index in [4.69, 9.17) is 0 Å². The van der Waals surface area contributed by atoms with Gasteiger partial charge in [0.2, 0.25) is 0 Å². The minimum atomic E-state index is -0.726. The molecule has 0 aliphatic carbocycles. The van der Waals surface area contributed by atoms with Gasteiger partial charge in [0.05, 0.1) is 17.6 Å². The summed E-state index contributed by atoms with van der Waals surface area (Å²) in [5, 5.41) is 7.01. The molecule has 0 aliphatic rings. The zero-order valence-corrected chi connectivity index (χ0v) is 9.54. The number of nitrogens with one attached hydrogen (secondary N) is 1. The standard InChI is InChI=1S/C11H12F2N4/c1-3-9-10(6-17(2)16-9)15-11-8(13)4-7(12)5-14-11/h4-6H,3H2,1-2H3,(H,14,15). The van der Waals surface area contributed by atoms with Crippen LogP contribution in [-0.4, -0.2) is 14.8 Å². The summed E-state index contributed by atoms with van der Waals surface area (Å²) in [7, 11) is 1.78. The van der Waals surface area contributed by atoms with Crippen molar-refractivity contribution in [3.63, 3.8) is 0 Å². The normalized spacial score (nSPS) is 10.6. The van der Waals surface area contributed by atoms with Crippen LogP contribution in [-0.2, 0) is 13.5 Å². The van der Waals surface area contributed by atoms with E-state index in [0.717, 1.165) is 18.0 Å². The minimum absolute atomic E-state index is 0.00546. The van der Waals surface area contributed by atoms with Gasteiger partial charge in [-0.1, -0.05) is 6.92 Å². The molecule has 0 spiro atoms. The third kappa shape index (κ3) is 2.41. The molecule has 2 rings (SSSR count). The maximum atomic E-state index is 13.4. The Bertz CT molecular complexity index is 536. The number of anilines is 2. The van der Waals surface area contributed by atoms with E-state index in [2.05, 4.69) is 15.4 Å². The van der Waals surface area contributed by atoms with Gasteiger partial charge in [-0.25, -0.2) is 13.8 Å². The van der Waals surface area contributed by atoms with Crippen molar-refractivity contribution in [3.8, 4) is 0 Å². The molecule has 0 saturated heterocycles. The summed E-state index contributed by atoms with van der Waals surface area (Å²) in [6, 6.07) is 0.789. The highest BCUT2D eigenvalue weighted by Crippen LogP contribution is 2.21. The topological polar surface area (TPSA) is 42.7 Å². The molecule has 0 aromatic carbocycles. The van der Waals surface area contributed by atoms with Crippen molar-refractivity contribution in [3.05, 3.63) is 35.8 Å². The molecule has 0 saturated carbocycles. The van der Waals surface area contributed by atoms with E-state index in [9.17, 15) is 8.78 Å². The van der Waals surface area contributed by atoms with E-state index < -0.39 is 11.6 Å². The first-order valence-corrected chi connectivity index (χ1v) is 5.20. The average Bonchev–Trinajstić information content (AvgIpc) is 2.63. The van der Waals surface area contributed by atoms with Crippen LogP contribution in [0.2, 0.25) is 0 Å². The lowest BCUT2D eigenvalue weighted by Crippen LogP contribution is -1.99. The quantitative estimate of drug-likeness (QED) is 0.892. The largest absolute Gasteiger partial charge is 0.335 e. The number of hydrogen-bond acceptors (Lipinski definition) is 3. The number of halogens is 2. The van der Waals surface area contributed by atoms with Crippen molar-refractivity contribution in [1.82, 2.24) is 14.8 Å². The number of aryl methyl sites for hydroxylation is 2. The Labute approximate surface area is 97.3 Å². The summed E-state index contributed by atoms with van der Waals surface area (Å²) in [5.74, 6) is -1.43. The predicted molar refractivity (Wildman–Crippen MR) is 60.0 cm³/mol. The smallest absolute Gasteiger partial charge is 0.168 e. The molecule has 0 fully saturated rings. The fraction of sp³-hybridized carbons (Fsp3) is 0.273. The monoisotopic (exact) mass is 238 g/mol. The molecule has 1 N–H and O–H groups in total. The Hall–Kier alpha value is -1.98. The van der Waals surface area contributed by atoms with E-state index in [1.54, 1.807) is 17.9 Å². The van der Waals surface area contributed by atoms with Crippen LogP contribution in [0.25, 0.3) is 0 Å². The summed E-state index contributed by atoms with van der Waals surface area (Å²) in [6.07, 6.45) is 3.41. The van der Waals surface area contributed by atoms with E-state index in [0.29, 0.717) is 12.1 Å². The molecular weight excluding hydrogens is 226 g/mol. The highest BCUT2D eigenvalue weighted by atomic mass is 19.1. The first kappa shape index (κ1) is 11.5. The Morgan fingerprint density at radius 1 is 1.41 bits per heavy atom. The number of pyridine rings is 1. The van der Waals surface area contributed by atoms with Gasteiger partial charge in [-0.05, 0) is 6.42 Å². The maximum Gasteiger partial charge on any atom is 0.168 e. The second-order valence-corrected chi connectivity index (χ2v) is 3.63. The van der Waals surface area contributed by atoms with Crippen LogP contribution >= 0.6 is 0 Å². The first-order chi connectivity index (χ1) is 8.10. The van der Waals surface area contributed by atoms with Crippen molar-refractivity contribution < 1.29 is 8.78 Å². The number of aromatic nitrogens is 3. The molecule has 0 aliphatic heterocycles. The van der Waals surface area contributed by atoms with Gasteiger partial charge in [0.1, 0.15) is 5.82 Å². The summed E-state index contributed by atoms with van der Waals surface area (Å²) in [5.41, 5.74) is 1.48. The van der Waals surface area contributed by atoms with Crippen LogP contribution in [0.5, 0.6) is 0 Å². The third-order valence-electron chi connectivity index (χ3n) is 2.30. The Balaban J connectivity index is 2.30. The molecular formula is C11H12F2N4. The number of nitrogens with zero attached hydrogens (tertiary/aromatic N) is 3. The maximum absolute atomic E-state index is 13.4. The SMILES string of the molecule is CCc1nn(C)cc1Nc1ncc(F)cc1F. The van der Waals surface area contributed by atoms with Gasteiger partial charge in [0, 0.05) is 19.3 Å². The van der Waals surface area contributed by atoms with Crippen LogP contribution < -0.4 is 5.32 Å². The molecule has 0 radical (unpaired) electrons. The number of rotatable bonds is 3. The van der Waals surface area contributed by atoms with Gasteiger partial charge in [-0.3, -0.25) is 4.68 Å². The highest BCUT2D eigenvalue weighted by molar-refractivity contribution is 5.58. The molecule has 17 heavy (non-hydrogen) atoms. The van der Waals surface area contributed by atoms with Gasteiger partial charge in [-0.15, -0.1) is 0 Å². The molecule has 0 bridgehead atoms. The lowest BCUT2D eigenvalue weighted by Gasteiger charge is -2.05. The van der Waals surface area contributed by atoms with Gasteiger partial charge < -0.3 is 5.32 Å². The van der Waals surface area contributed by atoms with Crippen LogP contribution in [0.4, 0.5) is 20.3 Å². The van der Waals surface area contributed by atoms with Crippen LogP contribution in [0.1, 0.15) is 12.6 Å². The second-order valence-electron chi connectivity index (χ2n) is 3.63. The van der Waals surface area contributed by atoms with Crippen molar-refractivity contribution in [2.45, 2.75) is 13.3 Å². The highest BCUT2D eigenvalue weighted by Gasteiger charge is 2.10. The van der Waals surface area contributed by atoms with Gasteiger partial charge >= 0.3 is 0 Å². The minimum Gasteiger partial charge on any atom is -0.335 e. The van der Waals surface area contributed by atoms with E-state index in [-0.39, 0.29) is 5.82 Å². The Kier molecular flexibility index (Phi) is 3.03. The number of hydrogen-bond donors (Lipinski definition) is 1. The predicted octanol–water partition coefficient (Wildman–Crippen LogP) is 2.40. The van der Waals surface area contributed by atoms with Gasteiger partial charge in [-0.2, -0.15) is 5.10 Å². The first-order valence-electron chi connectivity index (χ1n) is 5.20. The van der Waals surface area contributed by atoms with Gasteiger partial charge in [0.15, 0.2) is 11.6 Å². The fourth-order valence-electron chi connectivity index (χ4n) is 1.53. The molecule has 2 heterocycles. The van der Waals surface area contributed by atoms with Crippen LogP contribution in [0, 0.1) is 11.6 Å². The molecule has 2 aromatic heterocycles. The fourth-order valence-corrected chi connectivity index (χ4v) is 1.53. The zero-order chi connectivity index (χ0) is 12.4. The van der Waals surface area contributed by atoms with Crippen molar-refractivity contribution in [2.24, 2.45) is 7.05 Å². The summed E-state index contributed by atoms with van der Waals surface area (Å²) in [4.78, 5) is 3.66. The van der Waals surface area contributed by atoms with Gasteiger partial charge in [0.25, 0.3) is 0 Å². The summed E-state index contributed by atoms with van der Waals surface area (Å²) >= 11 is 0. The van der Waals surface area contributed by atoms with Crippen molar-refractivity contribution in [2.75, 3.05) is 5.32 Å². The average molecular weight is 238 g/mol. The molecule has 0 unspecified atom stereocenters. The van der Waals surface area contributed by atoms with Crippen molar-refractivity contribution in [1.29, 1.82) is 0 Å². The molecule has 6 heteroatoms. The summed E-state index contributed by atoms with van der Waals surface area (Å²) < 4.78 is 27.7. The van der Waals surface area contributed by atoms with Crippen LogP contribution in [0.15, 0.2) is 18.5 Å². The molecule has 2 aromatic rings. The lowest BCUT2D eigenvalue weighted by molar-refractivity contribution is 0.576. The van der Waals surface area contributed by atoms with E-state index in [1.165, 1.54) is 0 Å². The Morgan fingerprint density at radius 3 is 2.82 bits per heavy atom. The lowest BCUT2D eigenvalue weighted by atomic mass is 10.3. The second kappa shape index (κ2) is 4.48. The zero-order valence-electron chi connectivity index (χ0n) is 9.54. The molecule has 4 nitrogen and oxygen atoms in total. The molecule has 0 amide bonds. The summed E-state index contributed by atoms with van der Waals surface area (Å²) in [6.45, 7) is 1.95. The van der Waals surface area contributed by atoms with Crippen LogP contribution in [0.3, 0.4) is 0 Å². The molecule has 0 atom stereocenters. The molecule has 90 valence electrons.